The van der Waals surface area contributed by atoms with Crippen molar-refractivity contribution in [3.05, 3.63) is 44.7 Å². The number of rotatable bonds is 4. The summed E-state index contributed by atoms with van der Waals surface area (Å²) >= 11 is 4.76. The topological polar surface area (TPSA) is 112 Å². The molecular weight excluding hydrogens is 256 g/mol. The maximum Gasteiger partial charge on any atom is 0.269 e. The van der Waals surface area contributed by atoms with E-state index >= 15 is 0 Å². The fraction of sp³-hybridized carbons (Fsp3) is 0. The molecule has 0 aliphatic carbocycles. The highest BCUT2D eigenvalue weighted by Gasteiger charge is 2.02. The maximum absolute atomic E-state index is 10.4. The van der Waals surface area contributed by atoms with Crippen molar-refractivity contribution in [2.75, 3.05) is 5.43 Å². The summed E-state index contributed by atoms with van der Waals surface area (Å²) < 4.78 is 0.322. The third kappa shape index (κ3) is 2.98. The number of aromatic amines is 2. The third-order valence-electron chi connectivity index (χ3n) is 1.99. The van der Waals surface area contributed by atoms with Gasteiger partial charge in [0.1, 0.15) is 0 Å². The van der Waals surface area contributed by atoms with Crippen molar-refractivity contribution in [2.24, 2.45) is 5.10 Å². The number of H-pyrrole nitrogens is 2. The quantitative estimate of drug-likeness (QED) is 0.337. The minimum absolute atomic E-state index is 0.0384. The molecule has 2 aromatic rings. The van der Waals surface area contributed by atoms with Crippen molar-refractivity contribution in [3.8, 4) is 0 Å². The third-order valence-corrected chi connectivity index (χ3v) is 2.18. The number of nitrogens with zero attached hydrogens (tertiary/aromatic N) is 3. The second-order valence-corrected chi connectivity index (χ2v) is 3.62. The molecule has 0 atom stereocenters. The van der Waals surface area contributed by atoms with Crippen molar-refractivity contribution >= 4 is 30.1 Å². The standard InChI is InChI=1S/C9H8N6O2S/c16-15(17)7-3-1-6(2-4-7)5-10-12-8-11-9(18)14-13-8/h1-5H,(H3,11,12,13,14,18)/b10-5-. The summed E-state index contributed by atoms with van der Waals surface area (Å²) in [6, 6.07) is 6.00. The Labute approximate surface area is 106 Å². The molecule has 0 radical (unpaired) electrons. The number of hydrogen-bond acceptors (Lipinski definition) is 6. The zero-order chi connectivity index (χ0) is 13.0. The van der Waals surface area contributed by atoms with Gasteiger partial charge in [-0.1, -0.05) is 0 Å². The van der Waals surface area contributed by atoms with Crippen molar-refractivity contribution in [1.82, 2.24) is 15.2 Å². The molecule has 92 valence electrons. The maximum atomic E-state index is 10.4. The number of hydrazone groups is 1. The van der Waals surface area contributed by atoms with Crippen LogP contribution in [-0.4, -0.2) is 26.3 Å². The van der Waals surface area contributed by atoms with E-state index in [1.54, 1.807) is 12.1 Å². The lowest BCUT2D eigenvalue weighted by molar-refractivity contribution is -0.384. The van der Waals surface area contributed by atoms with Gasteiger partial charge in [-0.2, -0.15) is 10.1 Å². The van der Waals surface area contributed by atoms with Crippen LogP contribution < -0.4 is 5.43 Å². The number of hydrogen-bond donors (Lipinski definition) is 3. The molecule has 9 heteroatoms. The van der Waals surface area contributed by atoms with Gasteiger partial charge in [-0.15, -0.1) is 0 Å². The molecule has 3 N–H and O–H groups in total. The molecule has 0 saturated heterocycles. The number of benzene rings is 1. The number of non-ortho nitro benzene ring substituents is 1. The number of nitro benzene ring substituents is 1. The Hall–Kier alpha value is -2.55. The van der Waals surface area contributed by atoms with E-state index in [1.165, 1.54) is 18.3 Å². The van der Waals surface area contributed by atoms with Crippen molar-refractivity contribution in [2.45, 2.75) is 0 Å². The normalized spacial score (nSPS) is 10.7. The lowest BCUT2D eigenvalue weighted by atomic mass is 10.2. The zero-order valence-electron chi connectivity index (χ0n) is 8.95. The van der Waals surface area contributed by atoms with E-state index in [-0.39, 0.29) is 5.69 Å². The number of nitro groups is 1. The van der Waals surface area contributed by atoms with Crippen LogP contribution in [0.15, 0.2) is 29.4 Å². The van der Waals surface area contributed by atoms with Crippen LogP contribution in [0.1, 0.15) is 5.56 Å². The predicted molar refractivity (Wildman–Crippen MR) is 68.1 cm³/mol. The van der Waals surface area contributed by atoms with Crippen LogP contribution in [0.3, 0.4) is 0 Å². The minimum Gasteiger partial charge on any atom is -0.272 e. The number of anilines is 1. The first-order valence-corrected chi connectivity index (χ1v) is 5.24. The largest absolute Gasteiger partial charge is 0.272 e. The Morgan fingerprint density at radius 1 is 1.39 bits per heavy atom. The van der Waals surface area contributed by atoms with Crippen LogP contribution >= 0.6 is 12.2 Å². The first-order chi connectivity index (χ1) is 8.65. The molecule has 0 aliphatic heterocycles. The molecule has 1 aromatic carbocycles. The molecule has 0 bridgehead atoms. The Bertz CT molecular complexity index is 629. The van der Waals surface area contributed by atoms with Crippen LogP contribution in [-0.2, 0) is 0 Å². The second-order valence-electron chi connectivity index (χ2n) is 3.23. The second kappa shape index (κ2) is 5.19. The van der Waals surface area contributed by atoms with Crippen molar-refractivity contribution < 1.29 is 4.92 Å². The Morgan fingerprint density at radius 3 is 2.67 bits per heavy atom. The fourth-order valence-corrected chi connectivity index (χ4v) is 1.32. The molecule has 2 rings (SSSR count). The van der Waals surface area contributed by atoms with Crippen molar-refractivity contribution in [1.29, 1.82) is 0 Å². The summed E-state index contributed by atoms with van der Waals surface area (Å²) in [6.45, 7) is 0. The predicted octanol–water partition coefficient (Wildman–Crippen LogP) is 1.82. The smallest absolute Gasteiger partial charge is 0.269 e. The molecule has 1 heterocycles. The first-order valence-electron chi connectivity index (χ1n) is 4.83. The van der Waals surface area contributed by atoms with E-state index in [0.717, 1.165) is 5.56 Å². The average molecular weight is 264 g/mol. The van der Waals surface area contributed by atoms with Gasteiger partial charge in [0.25, 0.3) is 5.69 Å². The van der Waals surface area contributed by atoms with Gasteiger partial charge in [-0.3, -0.25) is 20.3 Å². The van der Waals surface area contributed by atoms with E-state index < -0.39 is 4.92 Å². The molecular formula is C9H8N6O2S. The summed E-state index contributed by atoms with van der Waals surface area (Å²) in [4.78, 5) is 13.9. The molecule has 0 unspecified atom stereocenters. The highest BCUT2D eigenvalue weighted by Crippen LogP contribution is 2.10. The summed E-state index contributed by atoms with van der Waals surface area (Å²) in [6.07, 6.45) is 1.51. The van der Waals surface area contributed by atoms with Gasteiger partial charge in [0.05, 0.1) is 11.1 Å². The lowest BCUT2D eigenvalue weighted by Crippen LogP contribution is -1.93. The molecule has 0 spiro atoms. The van der Waals surface area contributed by atoms with Gasteiger partial charge in [0.15, 0.2) is 0 Å². The Morgan fingerprint density at radius 2 is 2.11 bits per heavy atom. The number of nitrogens with one attached hydrogen (secondary N) is 3. The zero-order valence-corrected chi connectivity index (χ0v) is 9.77. The Kier molecular flexibility index (Phi) is 3.44. The Balaban J connectivity index is 2.00. The highest BCUT2D eigenvalue weighted by molar-refractivity contribution is 7.71. The van der Waals surface area contributed by atoms with E-state index in [1.807, 2.05) is 0 Å². The van der Waals surface area contributed by atoms with E-state index in [9.17, 15) is 10.1 Å². The van der Waals surface area contributed by atoms with Crippen LogP contribution in [0.5, 0.6) is 0 Å². The van der Waals surface area contributed by atoms with Crippen LogP contribution in [0.4, 0.5) is 11.6 Å². The summed E-state index contributed by atoms with van der Waals surface area (Å²) in [5.41, 5.74) is 3.39. The molecule has 0 saturated carbocycles. The van der Waals surface area contributed by atoms with E-state index in [2.05, 4.69) is 25.7 Å². The van der Waals surface area contributed by atoms with E-state index in [0.29, 0.717) is 10.7 Å². The minimum atomic E-state index is -0.455. The average Bonchev–Trinajstić information content (AvgIpc) is 2.76. The molecule has 18 heavy (non-hydrogen) atoms. The van der Waals surface area contributed by atoms with Crippen LogP contribution in [0.2, 0.25) is 0 Å². The summed E-state index contributed by atoms with van der Waals surface area (Å²) in [5.74, 6) is 0.387. The SMILES string of the molecule is O=[N+]([O-])c1ccc(/C=N\Nc2nc(=S)[nH][nH]2)cc1. The molecule has 0 aliphatic rings. The monoisotopic (exact) mass is 264 g/mol. The van der Waals surface area contributed by atoms with Crippen LogP contribution in [0, 0.1) is 14.9 Å². The summed E-state index contributed by atoms with van der Waals surface area (Å²) in [5, 5.41) is 19.6. The van der Waals surface area contributed by atoms with Gasteiger partial charge in [-0.25, -0.2) is 5.43 Å². The first kappa shape index (κ1) is 11.9. The molecule has 0 fully saturated rings. The van der Waals surface area contributed by atoms with Gasteiger partial charge in [-0.05, 0) is 29.9 Å². The van der Waals surface area contributed by atoms with Gasteiger partial charge in [0, 0.05) is 12.1 Å². The summed E-state index contributed by atoms with van der Waals surface area (Å²) in [7, 11) is 0. The fourth-order valence-electron chi connectivity index (χ4n) is 1.17. The molecule has 1 aromatic heterocycles. The van der Waals surface area contributed by atoms with Gasteiger partial charge in [0.2, 0.25) is 10.7 Å². The number of aromatic nitrogens is 3. The molecule has 0 amide bonds. The van der Waals surface area contributed by atoms with Gasteiger partial charge < -0.3 is 0 Å². The van der Waals surface area contributed by atoms with Gasteiger partial charge >= 0.3 is 0 Å². The lowest BCUT2D eigenvalue weighted by Gasteiger charge is -1.94. The van der Waals surface area contributed by atoms with E-state index in [4.69, 9.17) is 12.2 Å². The van der Waals surface area contributed by atoms with Crippen molar-refractivity contribution in [3.63, 3.8) is 0 Å². The van der Waals surface area contributed by atoms with Crippen LogP contribution in [0.25, 0.3) is 0 Å². The molecule has 8 nitrogen and oxygen atoms in total. The highest BCUT2D eigenvalue weighted by atomic mass is 32.1.